The minimum Gasteiger partial charge on any atom is -0.388 e. The van der Waals surface area contributed by atoms with Gasteiger partial charge in [-0.15, -0.1) is 0 Å². The summed E-state index contributed by atoms with van der Waals surface area (Å²) < 4.78 is 46.5. The maximum absolute atomic E-state index is 14.1. The molecule has 172 valence electrons. The van der Waals surface area contributed by atoms with Gasteiger partial charge in [-0.25, -0.2) is 4.39 Å². The fraction of sp³-hybridized carbons (Fsp3) is 0.231. The first kappa shape index (κ1) is 23.2. The number of nitrogens with zero attached hydrogens (tertiary/aromatic N) is 1. The molecule has 1 N–H and O–H groups in total. The van der Waals surface area contributed by atoms with E-state index in [2.05, 4.69) is 0 Å². The van der Waals surface area contributed by atoms with Gasteiger partial charge in [0.1, 0.15) is 11.9 Å². The molecule has 2 atom stereocenters. The minimum absolute atomic E-state index is 0.0160. The van der Waals surface area contributed by atoms with E-state index in [4.69, 9.17) is 4.18 Å². The molecule has 0 aliphatic carbocycles. The van der Waals surface area contributed by atoms with Gasteiger partial charge >= 0.3 is 0 Å². The Hall–Kier alpha value is -3.00. The van der Waals surface area contributed by atoms with Gasteiger partial charge < -0.3 is 9.67 Å². The number of fused-ring (bicyclic) bond motifs is 1. The molecule has 0 spiro atoms. The summed E-state index contributed by atoms with van der Waals surface area (Å²) >= 11 is 0. The lowest BCUT2D eigenvalue weighted by atomic mass is 10.0. The Morgan fingerprint density at radius 2 is 1.76 bits per heavy atom. The van der Waals surface area contributed by atoms with Crippen LogP contribution >= 0.6 is 0 Å². The maximum atomic E-state index is 14.1. The second-order valence-electron chi connectivity index (χ2n) is 8.05. The van der Waals surface area contributed by atoms with E-state index >= 15 is 0 Å². The Morgan fingerprint density at radius 3 is 2.45 bits per heavy atom. The van der Waals surface area contributed by atoms with Crippen molar-refractivity contribution in [3.8, 4) is 0 Å². The largest absolute Gasteiger partial charge is 0.388 e. The zero-order chi connectivity index (χ0) is 23.6. The third-order valence-corrected chi connectivity index (χ3v) is 7.06. The summed E-state index contributed by atoms with van der Waals surface area (Å²) in [7, 11) is -4.06. The molecule has 4 aromatic rings. The molecule has 0 aliphatic heterocycles. The van der Waals surface area contributed by atoms with E-state index in [0.29, 0.717) is 5.56 Å². The number of halogens is 1. The average Bonchev–Trinajstić information content (AvgIpc) is 3.17. The van der Waals surface area contributed by atoms with Gasteiger partial charge in [0.15, 0.2) is 0 Å². The van der Waals surface area contributed by atoms with Crippen molar-refractivity contribution in [3.05, 3.63) is 102 Å². The van der Waals surface area contributed by atoms with Crippen molar-refractivity contribution in [1.29, 1.82) is 0 Å². The Labute approximate surface area is 193 Å². The molecule has 7 heteroatoms. The van der Waals surface area contributed by atoms with Crippen LogP contribution in [-0.2, 0) is 20.7 Å². The van der Waals surface area contributed by atoms with Crippen LogP contribution in [0.25, 0.3) is 10.9 Å². The summed E-state index contributed by atoms with van der Waals surface area (Å²) in [6.07, 6.45) is 1.45. The smallest absolute Gasteiger partial charge is 0.297 e. The quantitative estimate of drug-likeness (QED) is 0.370. The molecular weight excluding hydrogens is 441 g/mol. The molecule has 0 radical (unpaired) electrons. The third-order valence-electron chi connectivity index (χ3n) is 5.76. The average molecular weight is 468 g/mol. The normalized spacial score (nSPS) is 13.8. The van der Waals surface area contributed by atoms with Crippen molar-refractivity contribution in [2.75, 3.05) is 6.61 Å². The van der Waals surface area contributed by atoms with Crippen molar-refractivity contribution in [2.24, 2.45) is 0 Å². The van der Waals surface area contributed by atoms with E-state index in [1.165, 1.54) is 24.3 Å². The predicted octanol–water partition coefficient (Wildman–Crippen LogP) is 5.01. The van der Waals surface area contributed by atoms with Crippen molar-refractivity contribution in [1.82, 2.24) is 4.57 Å². The van der Waals surface area contributed by atoms with Crippen LogP contribution in [0.5, 0.6) is 0 Å². The van der Waals surface area contributed by atoms with E-state index in [1.807, 2.05) is 48.9 Å². The highest BCUT2D eigenvalue weighted by atomic mass is 32.2. The fourth-order valence-electron chi connectivity index (χ4n) is 4.07. The number of para-hydroxylation sites is 1. The van der Waals surface area contributed by atoms with E-state index in [-0.39, 0.29) is 4.90 Å². The fourth-order valence-corrected chi connectivity index (χ4v) is 5.00. The van der Waals surface area contributed by atoms with Crippen molar-refractivity contribution in [2.45, 2.75) is 37.3 Å². The van der Waals surface area contributed by atoms with Gasteiger partial charge in [-0.3, -0.25) is 4.18 Å². The van der Waals surface area contributed by atoms with Crippen LogP contribution in [0.4, 0.5) is 4.39 Å². The van der Waals surface area contributed by atoms with Gasteiger partial charge in [0.2, 0.25) is 0 Å². The first-order chi connectivity index (χ1) is 15.8. The first-order valence-corrected chi connectivity index (χ1v) is 12.2. The number of aliphatic hydroxyl groups is 1. The van der Waals surface area contributed by atoms with Gasteiger partial charge in [0.05, 0.1) is 17.5 Å². The monoisotopic (exact) mass is 467 g/mol. The molecule has 0 unspecified atom stereocenters. The highest BCUT2D eigenvalue weighted by Gasteiger charge is 2.28. The van der Waals surface area contributed by atoms with Crippen LogP contribution in [0.1, 0.15) is 29.7 Å². The van der Waals surface area contributed by atoms with Crippen LogP contribution in [0.2, 0.25) is 0 Å². The lowest BCUT2D eigenvalue weighted by Gasteiger charge is -2.26. The van der Waals surface area contributed by atoms with Crippen LogP contribution in [0.15, 0.2) is 83.9 Å². The molecule has 5 nitrogen and oxygen atoms in total. The van der Waals surface area contributed by atoms with Crippen molar-refractivity contribution < 1.29 is 22.1 Å². The topological polar surface area (TPSA) is 68.5 Å². The number of aryl methyl sites for hydroxylation is 2. The molecule has 0 amide bonds. The van der Waals surface area contributed by atoms with Gasteiger partial charge in [0, 0.05) is 17.1 Å². The minimum atomic E-state index is -4.06. The number of aromatic nitrogens is 1. The van der Waals surface area contributed by atoms with Crippen LogP contribution < -0.4 is 0 Å². The van der Waals surface area contributed by atoms with Crippen LogP contribution in [0, 0.1) is 12.7 Å². The second kappa shape index (κ2) is 9.47. The number of hydrogen-bond donors (Lipinski definition) is 1. The summed E-state index contributed by atoms with van der Waals surface area (Å²) in [4.78, 5) is 0.0160. The van der Waals surface area contributed by atoms with Gasteiger partial charge in [-0.05, 0) is 54.8 Å². The Morgan fingerprint density at radius 1 is 1.03 bits per heavy atom. The number of benzene rings is 3. The zero-order valence-corrected chi connectivity index (χ0v) is 19.3. The molecule has 33 heavy (non-hydrogen) atoms. The van der Waals surface area contributed by atoms with Crippen molar-refractivity contribution in [3.63, 3.8) is 0 Å². The lowest BCUT2D eigenvalue weighted by molar-refractivity contribution is 0.0784. The van der Waals surface area contributed by atoms with Crippen LogP contribution in [0.3, 0.4) is 0 Å². The van der Waals surface area contributed by atoms with Crippen LogP contribution in [-0.4, -0.2) is 30.8 Å². The molecular formula is C26H26FNO4S. The van der Waals surface area contributed by atoms with Crippen molar-refractivity contribution >= 4 is 21.0 Å². The SMILES string of the molecule is CCc1cn([C@@H](c2cccc(F)c2)[C@H](O)COS(=O)(=O)c2ccc(C)cc2)c2ccccc12. The summed E-state index contributed by atoms with van der Waals surface area (Å²) in [5.41, 5.74) is 3.38. The Bertz CT molecular complexity index is 1360. The van der Waals surface area contributed by atoms with E-state index in [9.17, 15) is 17.9 Å². The summed E-state index contributed by atoms with van der Waals surface area (Å²) in [6, 6.07) is 19.3. The highest BCUT2D eigenvalue weighted by molar-refractivity contribution is 7.86. The lowest BCUT2D eigenvalue weighted by Crippen LogP contribution is -2.30. The van der Waals surface area contributed by atoms with E-state index in [1.54, 1.807) is 24.3 Å². The molecule has 3 aromatic carbocycles. The van der Waals surface area contributed by atoms with Gasteiger partial charge in [0.25, 0.3) is 10.1 Å². The molecule has 0 saturated heterocycles. The highest BCUT2D eigenvalue weighted by Crippen LogP contribution is 2.31. The molecule has 0 aliphatic rings. The first-order valence-electron chi connectivity index (χ1n) is 10.8. The number of hydrogen-bond acceptors (Lipinski definition) is 4. The predicted molar refractivity (Wildman–Crippen MR) is 126 cm³/mol. The Balaban J connectivity index is 1.71. The third kappa shape index (κ3) is 4.85. The molecule has 4 rings (SSSR count). The molecule has 0 saturated carbocycles. The second-order valence-corrected chi connectivity index (χ2v) is 9.67. The molecule has 1 aromatic heterocycles. The zero-order valence-electron chi connectivity index (χ0n) is 18.5. The summed E-state index contributed by atoms with van der Waals surface area (Å²) in [5, 5.41) is 12.2. The van der Waals surface area contributed by atoms with Gasteiger partial charge in [-0.1, -0.05) is 55.0 Å². The summed E-state index contributed by atoms with van der Waals surface area (Å²) in [5.74, 6) is -0.440. The molecule has 0 bridgehead atoms. The number of aliphatic hydroxyl groups excluding tert-OH is 1. The maximum Gasteiger partial charge on any atom is 0.297 e. The Kier molecular flexibility index (Phi) is 6.65. The van der Waals surface area contributed by atoms with Gasteiger partial charge in [-0.2, -0.15) is 8.42 Å². The molecule has 1 heterocycles. The standard InChI is InChI=1S/C26H26FNO4S/c1-3-19-16-28(24-10-5-4-9-23(19)24)26(20-7-6-8-21(27)15-20)25(29)17-32-33(30,31)22-13-11-18(2)12-14-22/h4-16,25-26,29H,3,17H2,1-2H3/t25-,26+/m1/s1. The van der Waals surface area contributed by atoms with E-state index in [0.717, 1.165) is 28.5 Å². The summed E-state index contributed by atoms with van der Waals surface area (Å²) in [6.45, 7) is 3.42. The number of rotatable bonds is 8. The molecule has 0 fully saturated rings. The van der Waals surface area contributed by atoms with E-state index < -0.39 is 34.7 Å².